The number of halogens is 2. The molecule has 1 aliphatic heterocycles. The number of nitriles is 1. The van der Waals surface area contributed by atoms with Gasteiger partial charge >= 0.3 is 0 Å². The van der Waals surface area contributed by atoms with Crippen molar-refractivity contribution >= 4 is 50.7 Å². The number of amides is 1. The van der Waals surface area contributed by atoms with E-state index in [2.05, 4.69) is 11.5 Å². The minimum absolute atomic E-state index is 0.0678. The fraction of sp³-hybridized carbons (Fsp3) is 0.280. The van der Waals surface area contributed by atoms with Crippen LogP contribution in [0.1, 0.15) is 33.8 Å². The lowest BCUT2D eigenvalue weighted by atomic mass is 9.94. The van der Waals surface area contributed by atoms with Crippen LogP contribution >= 0.6 is 23.2 Å². The normalized spacial score (nSPS) is 16.7. The minimum Gasteiger partial charge on any atom is -0.337 e. The first-order valence-corrected chi connectivity index (χ1v) is 12.9. The van der Waals surface area contributed by atoms with Crippen LogP contribution in [0.25, 0.3) is 10.8 Å². The fourth-order valence-electron chi connectivity index (χ4n) is 4.32. The topological polar surface area (TPSA) is 82.4 Å². The second-order valence-electron chi connectivity index (χ2n) is 8.02. The maximum absolute atomic E-state index is 13.9. The molecule has 1 unspecified atom stereocenters. The maximum atomic E-state index is 13.9. The molecule has 34 heavy (non-hydrogen) atoms. The Bertz CT molecular complexity index is 1310. The van der Waals surface area contributed by atoms with Crippen molar-refractivity contribution in [3.05, 3.63) is 75.3 Å². The van der Waals surface area contributed by atoms with Gasteiger partial charge in [0.1, 0.15) is 6.07 Å². The van der Waals surface area contributed by atoms with Gasteiger partial charge in [0.2, 0.25) is 0 Å². The van der Waals surface area contributed by atoms with Crippen molar-refractivity contribution < 1.29 is 13.8 Å². The number of hydrogen-bond donors (Lipinski definition) is 1. The summed E-state index contributed by atoms with van der Waals surface area (Å²) >= 11 is 12.4. The van der Waals surface area contributed by atoms with Crippen molar-refractivity contribution in [2.75, 3.05) is 32.5 Å². The number of hydrogen-bond acceptors (Lipinski definition) is 5. The Morgan fingerprint density at radius 3 is 2.74 bits per heavy atom. The molecule has 1 heterocycles. The summed E-state index contributed by atoms with van der Waals surface area (Å²) in [7, 11) is 0.0821. The second-order valence-corrected chi connectivity index (χ2v) is 10.3. The predicted octanol–water partition coefficient (Wildman–Crippen LogP) is 4.91. The van der Waals surface area contributed by atoms with Crippen molar-refractivity contribution in [2.45, 2.75) is 17.2 Å². The zero-order valence-electron chi connectivity index (χ0n) is 18.5. The third-order valence-corrected chi connectivity index (χ3v) is 8.16. The Morgan fingerprint density at radius 2 is 2.00 bits per heavy atom. The summed E-state index contributed by atoms with van der Waals surface area (Å²) in [4.78, 5) is 20.9. The van der Waals surface area contributed by atoms with Crippen LogP contribution in [0.4, 0.5) is 0 Å². The third-order valence-electron chi connectivity index (χ3n) is 5.99. The molecule has 0 saturated carbocycles. The molecule has 176 valence electrons. The molecule has 3 aromatic rings. The quantitative estimate of drug-likeness (QED) is 0.357. The van der Waals surface area contributed by atoms with Gasteiger partial charge in [-0.15, -0.1) is 0 Å². The second kappa shape index (κ2) is 10.9. The van der Waals surface area contributed by atoms with E-state index in [0.29, 0.717) is 51.9 Å². The molecule has 9 heteroatoms. The Balaban J connectivity index is 1.75. The van der Waals surface area contributed by atoms with Crippen molar-refractivity contribution in [1.82, 2.24) is 10.4 Å². The van der Waals surface area contributed by atoms with E-state index in [-0.39, 0.29) is 23.1 Å². The molecule has 1 amide bonds. The molecule has 0 radical (unpaired) electrons. The van der Waals surface area contributed by atoms with Crippen LogP contribution in [0.5, 0.6) is 0 Å². The smallest absolute Gasteiger partial charge is 0.255 e. The van der Waals surface area contributed by atoms with E-state index >= 15 is 0 Å². The number of nitrogens with one attached hydrogen (secondary N) is 1. The average molecular weight is 516 g/mol. The van der Waals surface area contributed by atoms with E-state index < -0.39 is 10.8 Å². The molecule has 0 fully saturated rings. The lowest BCUT2D eigenvalue weighted by Crippen LogP contribution is -2.36. The lowest BCUT2D eigenvalue weighted by Gasteiger charge is -2.27. The lowest BCUT2D eigenvalue weighted by molar-refractivity contribution is 0.0736. The number of benzene rings is 3. The summed E-state index contributed by atoms with van der Waals surface area (Å²) in [5.74, 6) is -0.0309. The van der Waals surface area contributed by atoms with E-state index in [4.69, 9.17) is 28.0 Å². The molecule has 4 rings (SSSR count). The Labute approximate surface area is 210 Å². The highest BCUT2D eigenvalue weighted by Gasteiger charge is 2.32. The zero-order valence-corrected chi connectivity index (χ0v) is 20.8. The van der Waals surface area contributed by atoms with Gasteiger partial charge in [-0.2, -0.15) is 5.26 Å². The van der Waals surface area contributed by atoms with Crippen LogP contribution in [0.2, 0.25) is 10.0 Å². The maximum Gasteiger partial charge on any atom is 0.255 e. The average Bonchev–Trinajstić information content (AvgIpc) is 2.96. The number of fused-ring (bicyclic) bond motifs is 3. The highest BCUT2D eigenvalue weighted by molar-refractivity contribution is 7.85. The van der Waals surface area contributed by atoms with Crippen LogP contribution in [-0.2, 0) is 15.6 Å². The molecule has 1 aliphatic rings. The SMILES string of the molecule is CONCC[C@H](CN1CCS(=O)c2c(C#N)cc3ccccc3c2C1=O)c1ccc(Cl)c(Cl)c1. The third kappa shape index (κ3) is 4.97. The number of carbonyl (C=O) groups excluding carboxylic acids is 1. The van der Waals surface area contributed by atoms with E-state index in [1.54, 1.807) is 24.1 Å². The largest absolute Gasteiger partial charge is 0.337 e. The van der Waals surface area contributed by atoms with Gasteiger partial charge in [-0.25, -0.2) is 5.48 Å². The summed E-state index contributed by atoms with van der Waals surface area (Å²) < 4.78 is 13.2. The van der Waals surface area contributed by atoms with Gasteiger partial charge in [-0.05, 0) is 41.0 Å². The first-order valence-electron chi connectivity index (χ1n) is 10.8. The molecule has 3 aromatic carbocycles. The van der Waals surface area contributed by atoms with Crippen LogP contribution < -0.4 is 5.48 Å². The molecule has 0 saturated heterocycles. The summed E-state index contributed by atoms with van der Waals surface area (Å²) in [6.45, 7) is 1.27. The first kappa shape index (κ1) is 24.6. The van der Waals surface area contributed by atoms with Gasteiger partial charge in [0.15, 0.2) is 0 Å². The molecular weight excluding hydrogens is 493 g/mol. The fourth-order valence-corrected chi connectivity index (χ4v) is 5.99. The molecular formula is C25H23Cl2N3O3S. The molecule has 2 atom stereocenters. The highest BCUT2D eigenvalue weighted by atomic mass is 35.5. The van der Waals surface area contributed by atoms with E-state index in [1.165, 1.54) is 0 Å². The zero-order chi connectivity index (χ0) is 24.2. The summed E-state index contributed by atoms with van der Waals surface area (Å²) in [5, 5.41) is 12.1. The number of hydroxylamine groups is 1. The van der Waals surface area contributed by atoms with Gasteiger partial charge in [0.05, 0.1) is 44.0 Å². The number of rotatable bonds is 7. The molecule has 0 bridgehead atoms. The van der Waals surface area contributed by atoms with Crippen LogP contribution in [0.15, 0.2) is 53.4 Å². The monoisotopic (exact) mass is 515 g/mol. The van der Waals surface area contributed by atoms with Gasteiger partial charge in [0, 0.05) is 31.3 Å². The molecule has 0 spiro atoms. The van der Waals surface area contributed by atoms with Crippen LogP contribution in [0.3, 0.4) is 0 Å². The first-order chi connectivity index (χ1) is 16.4. The van der Waals surface area contributed by atoms with Gasteiger partial charge in [-0.3, -0.25) is 9.00 Å². The molecule has 6 nitrogen and oxygen atoms in total. The van der Waals surface area contributed by atoms with Crippen molar-refractivity contribution in [3.63, 3.8) is 0 Å². The van der Waals surface area contributed by atoms with Crippen LogP contribution in [0, 0.1) is 11.3 Å². The standard InChI is InChI=1S/C25H23Cl2N3O3S/c1-33-29-9-8-18(16-6-7-21(26)22(27)13-16)15-30-10-11-34(32)24-19(14-28)12-17-4-2-3-5-20(17)23(24)25(30)31/h2-7,12-13,18,29H,8-11,15H2,1H3/t18-,34?/m1/s1. The minimum atomic E-state index is -1.47. The van der Waals surface area contributed by atoms with E-state index in [0.717, 1.165) is 10.9 Å². The molecule has 1 N–H and O–H groups in total. The van der Waals surface area contributed by atoms with E-state index in [1.807, 2.05) is 36.4 Å². The Kier molecular flexibility index (Phi) is 7.87. The van der Waals surface area contributed by atoms with Crippen molar-refractivity contribution in [2.24, 2.45) is 0 Å². The van der Waals surface area contributed by atoms with Crippen molar-refractivity contribution in [1.29, 1.82) is 5.26 Å². The van der Waals surface area contributed by atoms with Gasteiger partial charge in [0.25, 0.3) is 5.91 Å². The Hall–Kier alpha value is -2.47. The van der Waals surface area contributed by atoms with Gasteiger partial charge in [-0.1, -0.05) is 53.5 Å². The van der Waals surface area contributed by atoms with Crippen molar-refractivity contribution in [3.8, 4) is 6.07 Å². The summed E-state index contributed by atoms with van der Waals surface area (Å²) in [6.07, 6.45) is 0.671. The van der Waals surface area contributed by atoms with Crippen LogP contribution in [-0.4, -0.2) is 47.5 Å². The summed E-state index contributed by atoms with van der Waals surface area (Å²) in [6, 6.07) is 16.7. The van der Waals surface area contributed by atoms with Gasteiger partial charge < -0.3 is 9.74 Å². The molecule has 0 aromatic heterocycles. The summed E-state index contributed by atoms with van der Waals surface area (Å²) in [5.41, 5.74) is 4.44. The predicted molar refractivity (Wildman–Crippen MR) is 135 cm³/mol. The number of carbonyl (C=O) groups is 1. The van der Waals surface area contributed by atoms with E-state index in [9.17, 15) is 14.3 Å². The highest BCUT2D eigenvalue weighted by Crippen LogP contribution is 2.34. The molecule has 0 aliphatic carbocycles. The number of nitrogens with zero attached hydrogens (tertiary/aromatic N) is 2. The Morgan fingerprint density at radius 1 is 1.21 bits per heavy atom.